The molecule has 1 spiro atoms. The molecule has 2 aromatic carbocycles. The molecule has 0 bridgehead atoms. The lowest BCUT2D eigenvalue weighted by Gasteiger charge is -2.36. The van der Waals surface area contributed by atoms with Gasteiger partial charge in [-0.2, -0.15) is 0 Å². The predicted octanol–water partition coefficient (Wildman–Crippen LogP) is 3.12. The van der Waals surface area contributed by atoms with Gasteiger partial charge in [0, 0.05) is 54.8 Å². The molecule has 5 heterocycles. The zero-order valence-electron chi connectivity index (χ0n) is 20.6. The molecule has 2 N–H and O–H groups in total. The molecule has 0 unspecified atom stereocenters. The number of hydrogen-bond donors (Lipinski definition) is 1. The van der Waals surface area contributed by atoms with Gasteiger partial charge in [-0.1, -0.05) is 6.07 Å². The average molecular weight is 500 g/mol. The smallest absolute Gasteiger partial charge is 0.283 e. The molecule has 2 saturated heterocycles. The van der Waals surface area contributed by atoms with Crippen molar-refractivity contribution in [2.45, 2.75) is 5.54 Å². The van der Waals surface area contributed by atoms with Crippen LogP contribution in [0, 0.1) is 0 Å². The van der Waals surface area contributed by atoms with Crippen molar-refractivity contribution in [1.82, 2.24) is 4.98 Å². The molecular weight excluding hydrogens is 470 g/mol. The van der Waals surface area contributed by atoms with Crippen LogP contribution in [-0.4, -0.2) is 70.2 Å². The second-order valence-corrected chi connectivity index (χ2v) is 9.67. The van der Waals surface area contributed by atoms with Gasteiger partial charge < -0.3 is 34.5 Å². The van der Waals surface area contributed by atoms with E-state index in [2.05, 4.69) is 40.1 Å². The van der Waals surface area contributed by atoms with Crippen LogP contribution in [0.25, 0.3) is 11.1 Å². The Hall–Kier alpha value is -3.82. The highest BCUT2D eigenvalue weighted by Crippen LogP contribution is 2.52. The summed E-state index contributed by atoms with van der Waals surface area (Å²) in [5.41, 5.74) is 10.5. The van der Waals surface area contributed by atoms with Crippen molar-refractivity contribution in [3.8, 4) is 22.6 Å². The van der Waals surface area contributed by atoms with Gasteiger partial charge in [-0.3, -0.25) is 0 Å². The molecule has 190 valence electrons. The van der Waals surface area contributed by atoms with E-state index in [0.29, 0.717) is 19.8 Å². The van der Waals surface area contributed by atoms with E-state index < -0.39 is 5.54 Å². The number of rotatable bonds is 3. The van der Waals surface area contributed by atoms with Crippen LogP contribution in [-0.2, 0) is 19.7 Å². The van der Waals surface area contributed by atoms with Crippen molar-refractivity contribution >= 4 is 17.5 Å². The highest BCUT2D eigenvalue weighted by atomic mass is 16.5. The second kappa shape index (κ2) is 8.93. The lowest BCUT2D eigenvalue weighted by atomic mass is 9.80. The Bertz CT molecular complexity index is 1370. The summed E-state index contributed by atoms with van der Waals surface area (Å²) in [4.78, 5) is 14.3. The molecule has 4 aliphatic heterocycles. The summed E-state index contributed by atoms with van der Waals surface area (Å²) in [6, 6.07) is 16.8. The first-order valence-corrected chi connectivity index (χ1v) is 12.8. The normalized spacial score (nSPS) is 22.6. The molecule has 7 rings (SSSR count). The fourth-order valence-corrected chi connectivity index (χ4v) is 5.68. The summed E-state index contributed by atoms with van der Waals surface area (Å²) in [5, 5.41) is 0. The third-order valence-electron chi connectivity index (χ3n) is 7.57. The molecule has 4 aliphatic rings. The summed E-state index contributed by atoms with van der Waals surface area (Å²) in [7, 11) is 0. The van der Waals surface area contributed by atoms with Gasteiger partial charge >= 0.3 is 0 Å². The summed E-state index contributed by atoms with van der Waals surface area (Å²) in [5.74, 6) is 2.49. The van der Waals surface area contributed by atoms with Crippen molar-refractivity contribution in [2.24, 2.45) is 10.7 Å². The van der Waals surface area contributed by atoms with Crippen LogP contribution >= 0.6 is 0 Å². The Labute approximate surface area is 215 Å². The minimum absolute atomic E-state index is 0.191. The van der Waals surface area contributed by atoms with Crippen molar-refractivity contribution < 1.29 is 18.9 Å². The second-order valence-electron chi connectivity index (χ2n) is 9.67. The third kappa shape index (κ3) is 3.77. The van der Waals surface area contributed by atoms with E-state index >= 15 is 0 Å². The number of amidine groups is 1. The molecule has 9 heteroatoms. The van der Waals surface area contributed by atoms with Crippen molar-refractivity contribution in [1.29, 1.82) is 0 Å². The summed E-state index contributed by atoms with van der Waals surface area (Å²) in [6.07, 6.45) is 1.84. The van der Waals surface area contributed by atoms with Crippen LogP contribution in [0.15, 0.2) is 59.7 Å². The number of benzene rings is 2. The lowest BCUT2D eigenvalue weighted by Crippen LogP contribution is -2.37. The van der Waals surface area contributed by atoms with Gasteiger partial charge in [-0.15, -0.1) is 0 Å². The number of ether oxygens (including phenoxy) is 4. The van der Waals surface area contributed by atoms with Crippen molar-refractivity contribution in [3.05, 3.63) is 65.9 Å². The molecule has 0 saturated carbocycles. The Morgan fingerprint density at radius 1 is 0.811 bits per heavy atom. The molecule has 1 atom stereocenters. The number of morpholine rings is 2. The number of aliphatic imine (C=N–C) groups is 1. The minimum Gasteiger partial charge on any atom is -0.462 e. The predicted molar refractivity (Wildman–Crippen MR) is 141 cm³/mol. The zero-order valence-corrected chi connectivity index (χ0v) is 20.6. The first-order valence-electron chi connectivity index (χ1n) is 12.8. The molecule has 0 aliphatic carbocycles. The fraction of sp³-hybridized carbons (Fsp3) is 0.357. The van der Waals surface area contributed by atoms with Gasteiger partial charge in [0.05, 0.1) is 26.4 Å². The highest BCUT2D eigenvalue weighted by molar-refractivity contribution is 5.81. The Morgan fingerprint density at radius 2 is 1.51 bits per heavy atom. The monoisotopic (exact) mass is 499 g/mol. The number of nitrogens with zero attached hydrogens (tertiary/aromatic N) is 4. The third-order valence-corrected chi connectivity index (χ3v) is 7.57. The molecule has 2 fully saturated rings. The van der Waals surface area contributed by atoms with E-state index in [1.165, 1.54) is 0 Å². The topological polar surface area (TPSA) is 94.7 Å². The number of nitrogens with two attached hydrogens (primary N) is 1. The zero-order chi connectivity index (χ0) is 24.8. The summed E-state index contributed by atoms with van der Waals surface area (Å²) in [6.45, 7) is 6.48. The number of hydrogen-bond acceptors (Lipinski definition) is 9. The summed E-state index contributed by atoms with van der Waals surface area (Å²) >= 11 is 0. The quantitative estimate of drug-likeness (QED) is 0.588. The van der Waals surface area contributed by atoms with Gasteiger partial charge in [0.2, 0.25) is 0 Å². The standard InChI is InChI=1S/C28H29N5O4/c29-27-31-28(18-36-27)22-16-19(21-2-1-7-30-26(21)33-10-14-35-15-11-33)3-5-24(22)37-25-6-4-20(17-23(25)28)32-8-12-34-13-9-32/h1-7,16-17H,8-15,18H2,(H2,29,31)/t28-/m0/s1. The van der Waals surface area contributed by atoms with E-state index in [-0.39, 0.29) is 6.02 Å². The largest absolute Gasteiger partial charge is 0.462 e. The summed E-state index contributed by atoms with van der Waals surface area (Å²) < 4.78 is 23.4. The van der Waals surface area contributed by atoms with Crippen LogP contribution in [0.3, 0.4) is 0 Å². The average Bonchev–Trinajstić information content (AvgIpc) is 3.36. The Kier molecular flexibility index (Phi) is 5.40. The number of pyridine rings is 1. The van der Waals surface area contributed by atoms with E-state index in [1.54, 1.807) is 0 Å². The van der Waals surface area contributed by atoms with E-state index in [0.717, 1.165) is 84.7 Å². The van der Waals surface area contributed by atoms with E-state index in [1.807, 2.05) is 24.4 Å². The van der Waals surface area contributed by atoms with Crippen molar-refractivity contribution in [3.63, 3.8) is 0 Å². The molecule has 0 radical (unpaired) electrons. The van der Waals surface area contributed by atoms with Crippen LogP contribution in [0.5, 0.6) is 11.5 Å². The number of fused-ring (bicyclic) bond motifs is 4. The van der Waals surface area contributed by atoms with E-state index in [4.69, 9.17) is 34.7 Å². The lowest BCUT2D eigenvalue weighted by molar-refractivity contribution is 0.122. The van der Waals surface area contributed by atoms with E-state index in [9.17, 15) is 0 Å². The maximum absolute atomic E-state index is 6.43. The van der Waals surface area contributed by atoms with Gasteiger partial charge in [0.25, 0.3) is 6.02 Å². The SMILES string of the molecule is NC1=N[C@@]2(CO1)c1cc(-c3cccnc3N3CCOCC3)ccc1Oc1ccc(N3CCOCC3)cc12. The van der Waals surface area contributed by atoms with Crippen molar-refractivity contribution in [2.75, 3.05) is 69.0 Å². The molecule has 3 aromatic rings. The van der Waals surface area contributed by atoms with Crippen LogP contribution in [0.1, 0.15) is 11.1 Å². The fourth-order valence-electron chi connectivity index (χ4n) is 5.68. The minimum atomic E-state index is -0.785. The van der Waals surface area contributed by atoms with Gasteiger partial charge in [0.15, 0.2) is 5.54 Å². The maximum atomic E-state index is 6.43. The van der Waals surface area contributed by atoms with Crippen LogP contribution < -0.4 is 20.3 Å². The molecular formula is C28H29N5O4. The Morgan fingerprint density at radius 3 is 2.24 bits per heavy atom. The Balaban J connectivity index is 1.34. The molecule has 37 heavy (non-hydrogen) atoms. The first kappa shape index (κ1) is 22.4. The molecule has 1 aromatic heterocycles. The van der Waals surface area contributed by atoms with Crippen LogP contribution in [0.2, 0.25) is 0 Å². The molecule has 0 amide bonds. The molecule has 9 nitrogen and oxygen atoms in total. The van der Waals surface area contributed by atoms with Crippen LogP contribution in [0.4, 0.5) is 11.5 Å². The number of aromatic nitrogens is 1. The van der Waals surface area contributed by atoms with Gasteiger partial charge in [-0.05, 0) is 48.0 Å². The van der Waals surface area contributed by atoms with Gasteiger partial charge in [0.1, 0.15) is 23.9 Å². The highest BCUT2D eigenvalue weighted by Gasteiger charge is 2.47. The maximum Gasteiger partial charge on any atom is 0.283 e. The number of anilines is 2. The first-order chi connectivity index (χ1) is 18.2. The van der Waals surface area contributed by atoms with Gasteiger partial charge in [-0.25, -0.2) is 9.98 Å².